The Kier molecular flexibility index (Phi) is 6.65. The van der Waals surface area contributed by atoms with E-state index in [1.54, 1.807) is 0 Å². The Morgan fingerprint density at radius 1 is 0.281 bits per heavy atom. The van der Waals surface area contributed by atoms with Gasteiger partial charge in [-0.15, -0.1) is 0 Å². The predicted molar refractivity (Wildman–Crippen MR) is 268 cm³/mol. The molecule has 5 heterocycles. The van der Waals surface area contributed by atoms with E-state index in [0.29, 0.717) is 0 Å². The van der Waals surface area contributed by atoms with Gasteiger partial charge in [-0.25, -0.2) is 0 Å². The minimum absolute atomic E-state index is 0.901. The van der Waals surface area contributed by atoms with Crippen molar-refractivity contribution in [3.05, 3.63) is 212 Å². The van der Waals surface area contributed by atoms with Crippen LogP contribution in [0.3, 0.4) is 0 Å². The summed E-state index contributed by atoms with van der Waals surface area (Å²) in [6.45, 7) is 0. The normalized spacial score (nSPS) is 12.4. The molecule has 5 aromatic heterocycles. The van der Waals surface area contributed by atoms with E-state index >= 15 is 0 Å². The second-order valence-electron chi connectivity index (χ2n) is 17.3. The summed E-state index contributed by atoms with van der Waals surface area (Å²) in [4.78, 5) is 0. The highest BCUT2D eigenvalue weighted by Crippen LogP contribution is 2.43. The van der Waals surface area contributed by atoms with Gasteiger partial charge in [-0.1, -0.05) is 127 Å². The number of hydrogen-bond acceptors (Lipinski definition) is 1. The lowest BCUT2D eigenvalue weighted by molar-refractivity contribution is 0.666. The van der Waals surface area contributed by atoms with Crippen molar-refractivity contribution in [3.63, 3.8) is 0 Å². The first-order valence-electron chi connectivity index (χ1n) is 22.0. The van der Waals surface area contributed by atoms with Gasteiger partial charge in [0, 0.05) is 59.5 Å². The molecule has 0 spiro atoms. The molecule has 0 amide bonds. The third-order valence-corrected chi connectivity index (χ3v) is 14.0. The number of furan rings is 1. The summed E-state index contributed by atoms with van der Waals surface area (Å²) in [7, 11) is 0. The van der Waals surface area contributed by atoms with Crippen LogP contribution in [0.4, 0.5) is 0 Å². The molecule has 0 saturated carbocycles. The molecular formula is C60H35N3O. The highest BCUT2D eigenvalue weighted by molar-refractivity contribution is 6.24. The van der Waals surface area contributed by atoms with Crippen molar-refractivity contribution in [1.29, 1.82) is 0 Å². The van der Waals surface area contributed by atoms with Gasteiger partial charge in [0.25, 0.3) is 0 Å². The molecule has 0 radical (unpaired) electrons. The SMILES string of the molecule is c1ccc2c(c1)oc1c(-n3c4ccccc4c4cc(-c5ccc6c(c5)c5ccccc5n6-c5ccc(-c6cc7c8ccccc8n8c9ccccc9c(c6)c78)cc5)ccc43)cccc12. The molecule has 296 valence electrons. The molecule has 0 fully saturated rings. The first-order valence-corrected chi connectivity index (χ1v) is 22.0. The van der Waals surface area contributed by atoms with Crippen LogP contribution in [0.1, 0.15) is 0 Å². The Bertz CT molecular complexity index is 4340. The van der Waals surface area contributed by atoms with Crippen molar-refractivity contribution in [2.24, 2.45) is 0 Å². The summed E-state index contributed by atoms with van der Waals surface area (Å²) >= 11 is 0. The topological polar surface area (TPSA) is 27.4 Å². The van der Waals surface area contributed by atoms with E-state index < -0.39 is 0 Å². The van der Waals surface area contributed by atoms with E-state index in [1.165, 1.54) is 92.9 Å². The highest BCUT2D eigenvalue weighted by atomic mass is 16.3. The van der Waals surface area contributed by atoms with Gasteiger partial charge in [-0.2, -0.15) is 0 Å². The van der Waals surface area contributed by atoms with Crippen LogP contribution in [0.5, 0.6) is 0 Å². The first kappa shape index (κ1) is 34.0. The van der Waals surface area contributed by atoms with Crippen LogP contribution >= 0.6 is 0 Å². The van der Waals surface area contributed by atoms with Crippen molar-refractivity contribution in [1.82, 2.24) is 13.5 Å². The van der Waals surface area contributed by atoms with Gasteiger partial charge in [-0.05, 0) is 107 Å². The van der Waals surface area contributed by atoms with E-state index in [-0.39, 0.29) is 0 Å². The molecule has 15 aromatic rings. The van der Waals surface area contributed by atoms with Crippen LogP contribution in [-0.4, -0.2) is 13.5 Å². The maximum absolute atomic E-state index is 6.56. The Hall–Kier alpha value is -8.60. The van der Waals surface area contributed by atoms with Gasteiger partial charge >= 0.3 is 0 Å². The summed E-state index contributed by atoms with van der Waals surface area (Å²) in [6.07, 6.45) is 0. The molecule has 0 aliphatic rings. The molecule has 0 aliphatic heterocycles. The van der Waals surface area contributed by atoms with E-state index in [1.807, 2.05) is 6.07 Å². The molecule has 15 rings (SSSR count). The Morgan fingerprint density at radius 2 is 0.734 bits per heavy atom. The number of rotatable bonds is 4. The molecule has 4 heteroatoms. The van der Waals surface area contributed by atoms with Gasteiger partial charge in [0.2, 0.25) is 0 Å². The second-order valence-corrected chi connectivity index (χ2v) is 17.3. The van der Waals surface area contributed by atoms with Crippen LogP contribution in [0, 0.1) is 0 Å². The van der Waals surface area contributed by atoms with Crippen molar-refractivity contribution in [2.75, 3.05) is 0 Å². The first-order chi connectivity index (χ1) is 31.7. The smallest absolute Gasteiger partial charge is 0.159 e. The summed E-state index contributed by atoms with van der Waals surface area (Å²) in [5.41, 5.74) is 17.3. The molecule has 0 saturated heterocycles. The quantitative estimate of drug-likeness (QED) is 0.174. The summed E-state index contributed by atoms with van der Waals surface area (Å²) in [6, 6.07) is 77.7. The standard InChI is InChI=1S/C60H35N3O/c1-6-18-51-41(12-1)47-32-37(38-27-31-56-48(33-38)42-13-2-7-19-52(42)62(56)57-22-11-17-46-45-16-5-10-23-58(45)64-60(46)57)26-30-55(47)61(51)40-28-24-36(25-29-40)39-34-49-43-14-3-8-20-53(43)63-54-21-9-4-15-44(54)50(35-39)59(49)63/h1-35H. The van der Waals surface area contributed by atoms with Crippen molar-refractivity contribution in [3.8, 4) is 33.6 Å². The van der Waals surface area contributed by atoms with Gasteiger partial charge in [0.1, 0.15) is 5.58 Å². The lowest BCUT2D eigenvalue weighted by atomic mass is 9.99. The lowest BCUT2D eigenvalue weighted by Crippen LogP contribution is -1.94. The Balaban J connectivity index is 0.854. The minimum Gasteiger partial charge on any atom is -0.454 e. The molecule has 0 N–H and O–H groups in total. The Morgan fingerprint density at radius 3 is 1.36 bits per heavy atom. The van der Waals surface area contributed by atoms with Crippen LogP contribution in [-0.2, 0) is 0 Å². The number of fused-ring (bicyclic) bond motifs is 15. The third-order valence-electron chi connectivity index (χ3n) is 14.0. The average molecular weight is 814 g/mol. The van der Waals surface area contributed by atoms with Crippen LogP contribution < -0.4 is 0 Å². The molecule has 4 nitrogen and oxygen atoms in total. The Labute approximate surface area is 366 Å². The zero-order chi connectivity index (χ0) is 41.6. The van der Waals surface area contributed by atoms with Gasteiger partial charge in [0.05, 0.1) is 44.3 Å². The zero-order valence-corrected chi connectivity index (χ0v) is 34.5. The predicted octanol–water partition coefficient (Wildman–Crippen LogP) is 16.3. The summed E-state index contributed by atoms with van der Waals surface area (Å²) in [5, 5.41) is 12.3. The highest BCUT2D eigenvalue weighted by Gasteiger charge is 2.21. The summed E-state index contributed by atoms with van der Waals surface area (Å²) < 4.78 is 13.8. The maximum Gasteiger partial charge on any atom is 0.159 e. The molecular weight excluding hydrogens is 779 g/mol. The van der Waals surface area contributed by atoms with E-state index in [9.17, 15) is 0 Å². The molecule has 10 aromatic carbocycles. The lowest BCUT2D eigenvalue weighted by Gasteiger charge is -2.11. The number of para-hydroxylation sites is 6. The third kappa shape index (κ3) is 4.51. The molecule has 0 bridgehead atoms. The molecule has 0 aliphatic carbocycles. The largest absolute Gasteiger partial charge is 0.454 e. The monoisotopic (exact) mass is 813 g/mol. The zero-order valence-electron chi connectivity index (χ0n) is 34.5. The van der Waals surface area contributed by atoms with Gasteiger partial charge in [0.15, 0.2) is 5.58 Å². The molecule has 64 heavy (non-hydrogen) atoms. The van der Waals surface area contributed by atoms with Crippen LogP contribution in [0.25, 0.3) is 137 Å². The molecule has 0 unspecified atom stereocenters. The molecule has 0 atom stereocenters. The number of hydrogen-bond donors (Lipinski definition) is 0. The van der Waals surface area contributed by atoms with Crippen LogP contribution in [0.15, 0.2) is 217 Å². The van der Waals surface area contributed by atoms with Crippen molar-refractivity contribution in [2.45, 2.75) is 0 Å². The number of aromatic nitrogens is 3. The number of benzene rings is 10. The van der Waals surface area contributed by atoms with E-state index in [2.05, 4.69) is 220 Å². The van der Waals surface area contributed by atoms with Gasteiger partial charge in [-0.3, -0.25) is 0 Å². The fraction of sp³-hybridized carbons (Fsp3) is 0. The van der Waals surface area contributed by atoms with Crippen molar-refractivity contribution >= 4 is 104 Å². The van der Waals surface area contributed by atoms with Crippen molar-refractivity contribution < 1.29 is 4.42 Å². The summed E-state index contributed by atoms with van der Waals surface area (Å²) in [5.74, 6) is 0. The van der Waals surface area contributed by atoms with Crippen LogP contribution in [0.2, 0.25) is 0 Å². The fourth-order valence-corrected chi connectivity index (χ4v) is 11.2. The number of nitrogens with zero attached hydrogens (tertiary/aromatic N) is 3. The second kappa shape index (κ2) is 12.5. The van der Waals surface area contributed by atoms with E-state index in [0.717, 1.165) is 44.3 Å². The fourth-order valence-electron chi connectivity index (χ4n) is 11.2. The average Bonchev–Trinajstić information content (AvgIpc) is 4.16. The maximum atomic E-state index is 6.56. The van der Waals surface area contributed by atoms with Gasteiger partial charge < -0.3 is 18.0 Å². The minimum atomic E-state index is 0.901. The van der Waals surface area contributed by atoms with E-state index in [4.69, 9.17) is 4.42 Å².